The standard InChI is InChI=1S/C15H21FN2S/c1-18(13-5-3-2-4-6-13)10-12-9-11(15(17)19)7-8-14(12)16/h7-9,13H,2-6,10H2,1H3,(H2,17,19). The topological polar surface area (TPSA) is 29.3 Å². The molecule has 2 rings (SSSR count). The lowest BCUT2D eigenvalue weighted by atomic mass is 9.94. The van der Waals surface area contributed by atoms with Gasteiger partial charge in [-0.15, -0.1) is 0 Å². The van der Waals surface area contributed by atoms with E-state index in [1.807, 2.05) is 0 Å². The summed E-state index contributed by atoms with van der Waals surface area (Å²) in [7, 11) is 2.07. The molecule has 2 N–H and O–H groups in total. The van der Waals surface area contributed by atoms with Crippen LogP contribution in [0.3, 0.4) is 0 Å². The van der Waals surface area contributed by atoms with E-state index in [0.29, 0.717) is 23.1 Å². The second-order valence-electron chi connectivity index (χ2n) is 5.38. The molecule has 1 aromatic rings. The van der Waals surface area contributed by atoms with Crippen molar-refractivity contribution in [1.29, 1.82) is 0 Å². The highest BCUT2D eigenvalue weighted by atomic mass is 32.1. The molecule has 0 aromatic heterocycles. The van der Waals surface area contributed by atoms with Crippen molar-refractivity contribution in [1.82, 2.24) is 4.90 Å². The van der Waals surface area contributed by atoms with Gasteiger partial charge in [0.05, 0.1) is 0 Å². The van der Waals surface area contributed by atoms with Crippen molar-refractivity contribution in [2.45, 2.75) is 44.7 Å². The maximum absolute atomic E-state index is 13.8. The third kappa shape index (κ3) is 3.74. The molecule has 2 nitrogen and oxygen atoms in total. The summed E-state index contributed by atoms with van der Waals surface area (Å²) < 4.78 is 13.8. The number of nitrogens with zero attached hydrogens (tertiary/aromatic N) is 1. The van der Waals surface area contributed by atoms with Crippen LogP contribution in [0.1, 0.15) is 43.2 Å². The minimum Gasteiger partial charge on any atom is -0.389 e. The molecule has 0 radical (unpaired) electrons. The van der Waals surface area contributed by atoms with Gasteiger partial charge in [-0.3, -0.25) is 4.90 Å². The van der Waals surface area contributed by atoms with Crippen LogP contribution in [0.4, 0.5) is 4.39 Å². The van der Waals surface area contributed by atoms with Crippen molar-refractivity contribution >= 4 is 17.2 Å². The Morgan fingerprint density at radius 2 is 2.05 bits per heavy atom. The van der Waals surface area contributed by atoms with Gasteiger partial charge in [-0.25, -0.2) is 4.39 Å². The predicted molar refractivity (Wildman–Crippen MR) is 80.6 cm³/mol. The fraction of sp³-hybridized carbons (Fsp3) is 0.533. The average molecular weight is 280 g/mol. The van der Waals surface area contributed by atoms with E-state index in [1.54, 1.807) is 12.1 Å². The Morgan fingerprint density at radius 1 is 1.37 bits per heavy atom. The van der Waals surface area contributed by atoms with Gasteiger partial charge in [0.1, 0.15) is 10.8 Å². The molecular weight excluding hydrogens is 259 g/mol. The van der Waals surface area contributed by atoms with Crippen LogP contribution in [0.2, 0.25) is 0 Å². The molecule has 0 spiro atoms. The maximum atomic E-state index is 13.8. The third-order valence-corrected chi connectivity index (χ3v) is 4.18. The monoisotopic (exact) mass is 280 g/mol. The second-order valence-corrected chi connectivity index (χ2v) is 5.82. The number of thiocarbonyl (C=S) groups is 1. The summed E-state index contributed by atoms with van der Waals surface area (Å²) in [6.45, 7) is 0.618. The molecule has 0 atom stereocenters. The van der Waals surface area contributed by atoms with Gasteiger partial charge in [0, 0.05) is 23.7 Å². The summed E-state index contributed by atoms with van der Waals surface area (Å²) in [5.74, 6) is -0.178. The number of hydrogen-bond acceptors (Lipinski definition) is 2. The molecule has 1 saturated carbocycles. The molecule has 0 saturated heterocycles. The van der Waals surface area contributed by atoms with Crippen molar-refractivity contribution in [3.8, 4) is 0 Å². The highest BCUT2D eigenvalue weighted by Crippen LogP contribution is 2.23. The average Bonchev–Trinajstić information content (AvgIpc) is 2.42. The summed E-state index contributed by atoms with van der Waals surface area (Å²) in [5.41, 5.74) is 7.02. The molecule has 0 aliphatic heterocycles. The number of halogens is 1. The van der Waals surface area contributed by atoms with Crippen LogP contribution in [0, 0.1) is 5.82 Å². The van der Waals surface area contributed by atoms with Gasteiger partial charge in [-0.2, -0.15) is 0 Å². The zero-order valence-corrected chi connectivity index (χ0v) is 12.2. The van der Waals surface area contributed by atoms with Crippen molar-refractivity contribution < 1.29 is 4.39 Å². The molecule has 19 heavy (non-hydrogen) atoms. The van der Waals surface area contributed by atoms with E-state index in [0.717, 1.165) is 5.56 Å². The number of hydrogen-bond donors (Lipinski definition) is 1. The molecule has 1 fully saturated rings. The Bertz CT molecular complexity index is 455. The van der Waals surface area contributed by atoms with Crippen molar-refractivity contribution in [2.24, 2.45) is 5.73 Å². The van der Waals surface area contributed by atoms with Gasteiger partial charge in [0.15, 0.2) is 0 Å². The van der Waals surface area contributed by atoms with Crippen LogP contribution in [-0.4, -0.2) is 23.0 Å². The van der Waals surface area contributed by atoms with Gasteiger partial charge in [0.2, 0.25) is 0 Å². The van der Waals surface area contributed by atoms with Gasteiger partial charge >= 0.3 is 0 Å². The fourth-order valence-corrected chi connectivity index (χ4v) is 2.90. The van der Waals surface area contributed by atoms with E-state index in [2.05, 4.69) is 11.9 Å². The molecular formula is C15H21FN2S. The lowest BCUT2D eigenvalue weighted by Gasteiger charge is -2.31. The van der Waals surface area contributed by atoms with Crippen LogP contribution in [-0.2, 0) is 6.54 Å². The van der Waals surface area contributed by atoms with Crippen LogP contribution in [0.25, 0.3) is 0 Å². The predicted octanol–water partition coefficient (Wildman–Crippen LogP) is 3.22. The molecule has 4 heteroatoms. The first kappa shape index (κ1) is 14.4. The van der Waals surface area contributed by atoms with Crippen LogP contribution >= 0.6 is 12.2 Å². The van der Waals surface area contributed by atoms with E-state index in [1.165, 1.54) is 38.2 Å². The van der Waals surface area contributed by atoms with Crippen molar-refractivity contribution in [3.63, 3.8) is 0 Å². The SMILES string of the molecule is CN(Cc1cc(C(N)=S)ccc1F)C1CCCCC1. The van der Waals surface area contributed by atoms with E-state index in [9.17, 15) is 4.39 Å². The third-order valence-electron chi connectivity index (χ3n) is 3.95. The summed E-state index contributed by atoms with van der Waals surface area (Å²) in [6.07, 6.45) is 6.32. The quantitative estimate of drug-likeness (QED) is 0.859. The summed E-state index contributed by atoms with van der Waals surface area (Å²) in [6, 6.07) is 5.44. The lowest BCUT2D eigenvalue weighted by Crippen LogP contribution is -2.33. The van der Waals surface area contributed by atoms with Crippen LogP contribution in [0.15, 0.2) is 18.2 Å². The highest BCUT2D eigenvalue weighted by molar-refractivity contribution is 7.80. The van der Waals surface area contributed by atoms with E-state index >= 15 is 0 Å². The fourth-order valence-electron chi connectivity index (χ4n) is 2.77. The summed E-state index contributed by atoms with van der Waals surface area (Å²) in [5, 5.41) is 0. The zero-order chi connectivity index (χ0) is 13.8. The first-order chi connectivity index (χ1) is 9.08. The normalized spacial score (nSPS) is 16.8. The van der Waals surface area contributed by atoms with Crippen LogP contribution < -0.4 is 5.73 Å². The Labute approximate surface area is 119 Å². The van der Waals surface area contributed by atoms with Gasteiger partial charge in [-0.05, 0) is 38.1 Å². The molecule has 0 amide bonds. The molecule has 1 aliphatic carbocycles. The van der Waals surface area contributed by atoms with E-state index in [-0.39, 0.29) is 5.82 Å². The minimum absolute atomic E-state index is 0.178. The molecule has 1 aliphatic rings. The minimum atomic E-state index is -0.178. The maximum Gasteiger partial charge on any atom is 0.127 e. The lowest BCUT2D eigenvalue weighted by molar-refractivity contribution is 0.182. The molecule has 104 valence electrons. The molecule has 0 bridgehead atoms. The van der Waals surface area contributed by atoms with Crippen LogP contribution in [0.5, 0.6) is 0 Å². The van der Waals surface area contributed by atoms with Crippen molar-refractivity contribution in [2.75, 3.05) is 7.05 Å². The second kappa shape index (κ2) is 6.44. The Balaban J connectivity index is 2.08. The van der Waals surface area contributed by atoms with E-state index in [4.69, 9.17) is 18.0 Å². The smallest absolute Gasteiger partial charge is 0.127 e. The van der Waals surface area contributed by atoms with Crippen molar-refractivity contribution in [3.05, 3.63) is 35.1 Å². The van der Waals surface area contributed by atoms with Gasteiger partial charge < -0.3 is 5.73 Å². The number of nitrogens with two attached hydrogens (primary N) is 1. The highest BCUT2D eigenvalue weighted by Gasteiger charge is 2.19. The largest absolute Gasteiger partial charge is 0.389 e. The molecule has 0 unspecified atom stereocenters. The van der Waals surface area contributed by atoms with E-state index < -0.39 is 0 Å². The summed E-state index contributed by atoms with van der Waals surface area (Å²) in [4.78, 5) is 2.57. The zero-order valence-electron chi connectivity index (χ0n) is 11.4. The van der Waals surface area contributed by atoms with Gasteiger partial charge in [0.25, 0.3) is 0 Å². The summed E-state index contributed by atoms with van der Waals surface area (Å²) >= 11 is 4.95. The first-order valence-electron chi connectivity index (χ1n) is 6.86. The Kier molecular flexibility index (Phi) is 4.88. The van der Waals surface area contributed by atoms with Gasteiger partial charge in [-0.1, -0.05) is 31.5 Å². The first-order valence-corrected chi connectivity index (χ1v) is 7.27. The Hall–Kier alpha value is -1.00. The number of rotatable bonds is 4. The Morgan fingerprint density at radius 3 is 2.68 bits per heavy atom. The molecule has 1 aromatic carbocycles. The number of benzene rings is 1. The molecule has 0 heterocycles.